The van der Waals surface area contributed by atoms with Gasteiger partial charge in [-0.05, 0) is 35.8 Å². The molecule has 1 aliphatic carbocycles. The fourth-order valence-electron chi connectivity index (χ4n) is 3.47. The number of amides is 2. The summed E-state index contributed by atoms with van der Waals surface area (Å²) in [6.45, 7) is 4.42. The molecule has 1 aromatic carbocycles. The Hall–Kier alpha value is -1.90. The van der Waals surface area contributed by atoms with Crippen LogP contribution < -0.4 is 0 Å². The number of hydrogen-bond donors (Lipinski definition) is 0. The molecule has 2 amide bonds. The Morgan fingerprint density at radius 3 is 2.30 bits per heavy atom. The molecule has 0 aromatic heterocycles. The number of carbonyl (C=O) groups excluding carboxylic acids is 2. The second-order valence-corrected chi connectivity index (χ2v) is 6.09. The average molecular weight is 269 g/mol. The third kappa shape index (κ3) is 2.07. The van der Waals surface area contributed by atoms with Crippen LogP contribution in [0.4, 0.5) is 0 Å². The third-order valence-electron chi connectivity index (χ3n) is 4.21. The van der Waals surface area contributed by atoms with Gasteiger partial charge in [0.1, 0.15) is 0 Å². The van der Waals surface area contributed by atoms with Gasteiger partial charge in [-0.1, -0.05) is 38.1 Å². The van der Waals surface area contributed by atoms with Gasteiger partial charge >= 0.3 is 0 Å². The maximum absolute atomic E-state index is 11.9. The van der Waals surface area contributed by atoms with Crippen molar-refractivity contribution in [1.82, 2.24) is 4.90 Å². The van der Waals surface area contributed by atoms with Gasteiger partial charge in [-0.25, -0.2) is 0 Å². The van der Waals surface area contributed by atoms with E-state index in [4.69, 9.17) is 0 Å². The van der Waals surface area contributed by atoms with Gasteiger partial charge in [0.15, 0.2) is 0 Å². The number of rotatable bonds is 3. The van der Waals surface area contributed by atoms with E-state index in [0.717, 1.165) is 18.4 Å². The van der Waals surface area contributed by atoms with Crippen molar-refractivity contribution in [2.45, 2.75) is 38.6 Å². The van der Waals surface area contributed by atoms with E-state index in [-0.39, 0.29) is 17.9 Å². The van der Waals surface area contributed by atoms with E-state index in [9.17, 15) is 9.59 Å². The van der Waals surface area contributed by atoms with Crippen LogP contribution in [0.3, 0.4) is 0 Å². The van der Waals surface area contributed by atoms with Crippen molar-refractivity contribution < 1.29 is 9.59 Å². The van der Waals surface area contributed by atoms with Crippen LogP contribution in [-0.2, 0) is 9.59 Å². The van der Waals surface area contributed by atoms with Gasteiger partial charge in [-0.2, -0.15) is 0 Å². The van der Waals surface area contributed by atoms with Crippen LogP contribution in [0.25, 0.3) is 0 Å². The molecule has 20 heavy (non-hydrogen) atoms. The van der Waals surface area contributed by atoms with Crippen molar-refractivity contribution >= 4 is 11.8 Å². The third-order valence-corrected chi connectivity index (χ3v) is 4.21. The monoisotopic (exact) mass is 269 g/mol. The molecule has 0 unspecified atom stereocenters. The molecule has 2 atom stereocenters. The molecule has 0 spiro atoms. The van der Waals surface area contributed by atoms with E-state index in [0.29, 0.717) is 11.8 Å². The van der Waals surface area contributed by atoms with Gasteiger partial charge in [0, 0.05) is 12.2 Å². The molecule has 1 aromatic rings. The first kappa shape index (κ1) is 13.1. The first-order valence-corrected chi connectivity index (χ1v) is 7.22. The molecule has 2 aliphatic rings. The fourth-order valence-corrected chi connectivity index (χ4v) is 3.47. The summed E-state index contributed by atoms with van der Waals surface area (Å²) < 4.78 is 0. The molecule has 1 aliphatic heterocycles. The highest BCUT2D eigenvalue weighted by molar-refractivity contribution is 6.13. The van der Waals surface area contributed by atoms with E-state index in [1.54, 1.807) is 0 Å². The molecular formula is C17H19NO2. The van der Waals surface area contributed by atoms with Crippen molar-refractivity contribution in [2.75, 3.05) is 0 Å². The molecule has 3 nitrogen and oxygen atoms in total. The smallest absolute Gasteiger partial charge is 0.254 e. The Morgan fingerprint density at radius 1 is 1.10 bits per heavy atom. The Balaban J connectivity index is 1.95. The first-order valence-electron chi connectivity index (χ1n) is 7.22. The molecule has 104 valence electrons. The highest BCUT2D eigenvalue weighted by Gasteiger charge is 2.39. The van der Waals surface area contributed by atoms with E-state index in [1.165, 1.54) is 22.6 Å². The zero-order valence-electron chi connectivity index (χ0n) is 11.9. The molecule has 0 saturated carbocycles. The number of carbonyl (C=O) groups is 2. The zero-order valence-corrected chi connectivity index (χ0v) is 11.9. The van der Waals surface area contributed by atoms with Crippen LogP contribution in [0.15, 0.2) is 36.4 Å². The molecule has 0 radical (unpaired) electrons. The standard InChI is InChI=1S/C17H19NO2/c1-11(2)9-12-10-15(14-6-4-3-5-13(12)14)18-16(19)7-8-17(18)20/h3-8,11-12,15H,9-10H2,1-2H3/t12-,15-/m0/s1. The lowest BCUT2D eigenvalue weighted by atomic mass is 9.92. The first-order chi connectivity index (χ1) is 9.58. The van der Waals surface area contributed by atoms with Crippen molar-refractivity contribution in [1.29, 1.82) is 0 Å². The van der Waals surface area contributed by atoms with Crippen molar-refractivity contribution in [3.8, 4) is 0 Å². The van der Waals surface area contributed by atoms with Crippen molar-refractivity contribution in [2.24, 2.45) is 5.92 Å². The maximum atomic E-state index is 11.9. The number of benzene rings is 1. The van der Waals surface area contributed by atoms with Crippen LogP contribution in [-0.4, -0.2) is 16.7 Å². The SMILES string of the molecule is CC(C)C[C@H]1C[C@H](N2C(=O)C=CC2=O)c2ccccc21. The zero-order chi connectivity index (χ0) is 14.3. The lowest BCUT2D eigenvalue weighted by molar-refractivity contribution is -0.139. The van der Waals surface area contributed by atoms with Crippen molar-refractivity contribution in [3.63, 3.8) is 0 Å². The molecular weight excluding hydrogens is 250 g/mol. The number of imide groups is 1. The molecule has 0 fully saturated rings. The molecule has 0 N–H and O–H groups in total. The normalized spacial score (nSPS) is 24.9. The van der Waals surface area contributed by atoms with Gasteiger partial charge in [0.05, 0.1) is 6.04 Å². The number of hydrogen-bond acceptors (Lipinski definition) is 2. The topological polar surface area (TPSA) is 37.4 Å². The number of fused-ring (bicyclic) bond motifs is 1. The van der Waals surface area contributed by atoms with Gasteiger partial charge in [-0.15, -0.1) is 0 Å². The fraction of sp³-hybridized carbons (Fsp3) is 0.412. The second kappa shape index (κ2) is 4.89. The lowest BCUT2D eigenvalue weighted by Crippen LogP contribution is -2.33. The Kier molecular flexibility index (Phi) is 3.20. The van der Waals surface area contributed by atoms with Gasteiger partial charge in [-0.3, -0.25) is 14.5 Å². The van der Waals surface area contributed by atoms with Crippen LogP contribution >= 0.6 is 0 Å². The molecule has 3 rings (SSSR count). The summed E-state index contributed by atoms with van der Waals surface area (Å²) in [6, 6.07) is 8.13. The Bertz CT molecular complexity index is 570. The summed E-state index contributed by atoms with van der Waals surface area (Å²) in [5, 5.41) is 0. The second-order valence-electron chi connectivity index (χ2n) is 6.09. The predicted molar refractivity (Wildman–Crippen MR) is 77.0 cm³/mol. The average Bonchev–Trinajstić information content (AvgIpc) is 2.91. The van der Waals surface area contributed by atoms with Crippen molar-refractivity contribution in [3.05, 3.63) is 47.5 Å². The highest BCUT2D eigenvalue weighted by Crippen LogP contribution is 2.46. The van der Waals surface area contributed by atoms with Crippen LogP contribution in [0.2, 0.25) is 0 Å². The minimum Gasteiger partial charge on any atom is -0.269 e. The van der Waals surface area contributed by atoms with Gasteiger partial charge in [0.2, 0.25) is 0 Å². The van der Waals surface area contributed by atoms with E-state index in [2.05, 4.69) is 26.0 Å². The summed E-state index contributed by atoms with van der Waals surface area (Å²) in [6.07, 6.45) is 4.70. The van der Waals surface area contributed by atoms with Gasteiger partial charge < -0.3 is 0 Å². The van der Waals surface area contributed by atoms with Crippen LogP contribution in [0, 0.1) is 5.92 Å². The molecule has 0 saturated heterocycles. The largest absolute Gasteiger partial charge is 0.269 e. The van der Waals surface area contributed by atoms with Crippen LogP contribution in [0.5, 0.6) is 0 Å². The summed E-state index contributed by atoms with van der Waals surface area (Å²) in [4.78, 5) is 25.3. The predicted octanol–water partition coefficient (Wildman–Crippen LogP) is 3.19. The Morgan fingerprint density at radius 2 is 1.70 bits per heavy atom. The summed E-state index contributed by atoms with van der Waals surface area (Å²) in [5.41, 5.74) is 2.45. The van der Waals surface area contributed by atoms with Gasteiger partial charge in [0.25, 0.3) is 11.8 Å². The quantitative estimate of drug-likeness (QED) is 0.790. The lowest BCUT2D eigenvalue weighted by Gasteiger charge is -2.23. The maximum Gasteiger partial charge on any atom is 0.254 e. The highest BCUT2D eigenvalue weighted by atomic mass is 16.2. The van der Waals surface area contributed by atoms with E-state index >= 15 is 0 Å². The molecule has 1 heterocycles. The minimum absolute atomic E-state index is 0.0926. The molecule has 3 heteroatoms. The summed E-state index contributed by atoms with van der Waals surface area (Å²) in [5.74, 6) is 0.687. The van der Waals surface area contributed by atoms with Crippen LogP contribution in [0.1, 0.15) is 49.8 Å². The van der Waals surface area contributed by atoms with E-state index in [1.807, 2.05) is 12.1 Å². The summed E-state index contributed by atoms with van der Waals surface area (Å²) in [7, 11) is 0. The number of nitrogens with zero attached hydrogens (tertiary/aromatic N) is 1. The Labute approximate surface area is 119 Å². The van der Waals surface area contributed by atoms with E-state index < -0.39 is 0 Å². The minimum atomic E-state index is -0.181. The molecule has 0 bridgehead atoms. The summed E-state index contributed by atoms with van der Waals surface area (Å²) >= 11 is 0.